The first-order valence-corrected chi connectivity index (χ1v) is 9.68. The van der Waals surface area contributed by atoms with Crippen molar-refractivity contribution in [3.63, 3.8) is 0 Å². The van der Waals surface area contributed by atoms with Gasteiger partial charge in [-0.25, -0.2) is 0 Å². The van der Waals surface area contributed by atoms with Gasteiger partial charge in [-0.05, 0) is 36.2 Å². The monoisotopic (exact) mass is 384 g/mol. The Bertz CT molecular complexity index is 896. The fourth-order valence-electron chi connectivity index (χ4n) is 3.54. The smallest absolute Gasteiger partial charge is 0.256 e. The normalized spacial score (nSPS) is 19.2. The highest BCUT2D eigenvalue weighted by Crippen LogP contribution is 2.31. The summed E-state index contributed by atoms with van der Waals surface area (Å²) in [5, 5.41) is 7.68. The molecule has 7 nitrogen and oxygen atoms in total. The Morgan fingerprint density at radius 1 is 1.30 bits per heavy atom. The molecule has 1 fully saturated rings. The van der Waals surface area contributed by atoms with Gasteiger partial charge in [0.25, 0.3) is 5.91 Å². The van der Waals surface area contributed by atoms with E-state index in [1.54, 1.807) is 34.3 Å². The minimum Gasteiger partial charge on any atom is -0.337 e. The van der Waals surface area contributed by atoms with Crippen LogP contribution in [-0.2, 0) is 9.59 Å². The van der Waals surface area contributed by atoms with Crippen molar-refractivity contribution in [1.29, 1.82) is 0 Å². The molecule has 1 saturated heterocycles. The zero-order valence-corrected chi connectivity index (χ0v) is 15.7. The highest BCUT2D eigenvalue weighted by Gasteiger charge is 2.40. The van der Waals surface area contributed by atoms with Gasteiger partial charge >= 0.3 is 0 Å². The van der Waals surface area contributed by atoms with E-state index in [1.807, 2.05) is 29.6 Å². The molecule has 1 aromatic carbocycles. The van der Waals surface area contributed by atoms with Gasteiger partial charge in [0.1, 0.15) is 6.04 Å². The van der Waals surface area contributed by atoms with E-state index in [-0.39, 0.29) is 30.8 Å². The third-order valence-corrected chi connectivity index (χ3v) is 5.86. The lowest BCUT2D eigenvalue weighted by atomic mass is 10.1. The Morgan fingerprint density at radius 2 is 2.15 bits per heavy atom. The number of amides is 3. The van der Waals surface area contributed by atoms with E-state index in [4.69, 9.17) is 0 Å². The Morgan fingerprint density at radius 3 is 2.89 bits per heavy atom. The van der Waals surface area contributed by atoms with E-state index < -0.39 is 6.04 Å². The first-order chi connectivity index (χ1) is 13.1. The van der Waals surface area contributed by atoms with Gasteiger partial charge in [0, 0.05) is 18.0 Å². The average molecular weight is 384 g/mol. The van der Waals surface area contributed by atoms with Crippen LogP contribution in [0.1, 0.15) is 10.4 Å². The van der Waals surface area contributed by atoms with E-state index in [2.05, 4.69) is 10.6 Å². The molecule has 1 aromatic heterocycles. The Kier molecular flexibility index (Phi) is 4.67. The van der Waals surface area contributed by atoms with Crippen LogP contribution in [0.15, 0.2) is 35.7 Å². The van der Waals surface area contributed by atoms with E-state index in [0.29, 0.717) is 24.3 Å². The Balaban J connectivity index is 1.64. The van der Waals surface area contributed by atoms with Crippen LogP contribution in [0.5, 0.6) is 0 Å². The highest BCUT2D eigenvalue weighted by molar-refractivity contribution is 7.13. The molecule has 0 radical (unpaired) electrons. The van der Waals surface area contributed by atoms with Crippen molar-refractivity contribution in [2.24, 2.45) is 0 Å². The zero-order valence-electron chi connectivity index (χ0n) is 14.9. The van der Waals surface area contributed by atoms with Crippen LogP contribution in [0.2, 0.25) is 0 Å². The van der Waals surface area contributed by atoms with E-state index >= 15 is 0 Å². The molecule has 2 aliphatic rings. The molecule has 140 valence electrons. The van der Waals surface area contributed by atoms with Crippen LogP contribution in [0.4, 0.5) is 5.69 Å². The Hall–Kier alpha value is -2.71. The fourth-order valence-corrected chi connectivity index (χ4v) is 4.26. The first kappa shape index (κ1) is 17.7. The molecule has 2 aliphatic heterocycles. The lowest BCUT2D eigenvalue weighted by Crippen LogP contribution is -2.60. The molecule has 2 N–H and O–H groups in total. The number of thiophene rings is 1. The van der Waals surface area contributed by atoms with Crippen LogP contribution in [0, 0.1) is 0 Å². The summed E-state index contributed by atoms with van der Waals surface area (Å²) in [6.07, 6.45) is 0. The molecule has 8 heteroatoms. The van der Waals surface area contributed by atoms with Crippen LogP contribution >= 0.6 is 11.3 Å². The summed E-state index contributed by atoms with van der Waals surface area (Å²) in [6, 6.07) is 8.82. The van der Waals surface area contributed by atoms with Crippen molar-refractivity contribution in [3.8, 4) is 10.4 Å². The summed E-state index contributed by atoms with van der Waals surface area (Å²) in [5.74, 6) is -0.500. The number of carbonyl (C=O) groups excluding carboxylic acids is 3. The van der Waals surface area contributed by atoms with E-state index in [1.165, 1.54) is 0 Å². The van der Waals surface area contributed by atoms with Gasteiger partial charge in [0.05, 0.1) is 24.3 Å². The van der Waals surface area contributed by atoms with Crippen LogP contribution in [0.25, 0.3) is 10.4 Å². The summed E-state index contributed by atoms with van der Waals surface area (Å²) in [5.41, 5.74) is 1.96. The number of hydrogen-bond acceptors (Lipinski definition) is 5. The maximum absolute atomic E-state index is 13.2. The van der Waals surface area contributed by atoms with Gasteiger partial charge in [-0.1, -0.05) is 12.1 Å². The van der Waals surface area contributed by atoms with Crippen LogP contribution in [-0.4, -0.2) is 66.8 Å². The van der Waals surface area contributed by atoms with Crippen molar-refractivity contribution in [2.45, 2.75) is 6.04 Å². The first-order valence-electron chi connectivity index (χ1n) is 8.80. The number of piperazine rings is 1. The standard InChI is InChI=1S/C19H20N4O3S/c1-20-10-17(24)22-6-7-23-15(11-22)18(25)21-14-5-4-12(9-13(14)19(23)26)16-3-2-8-27-16/h2-5,8-9,15,20H,6-7,10-11H2,1H3,(H,21,25). The molecular formula is C19H20N4O3S. The zero-order chi connectivity index (χ0) is 19.0. The van der Waals surface area contributed by atoms with Crippen molar-refractivity contribution < 1.29 is 14.4 Å². The van der Waals surface area contributed by atoms with Crippen LogP contribution < -0.4 is 10.6 Å². The number of nitrogens with zero attached hydrogens (tertiary/aromatic N) is 2. The minimum atomic E-state index is -0.676. The third kappa shape index (κ3) is 3.22. The molecule has 3 heterocycles. The molecule has 1 unspecified atom stereocenters. The van der Waals surface area contributed by atoms with Crippen molar-refractivity contribution in [3.05, 3.63) is 41.3 Å². The quantitative estimate of drug-likeness (QED) is 0.834. The van der Waals surface area contributed by atoms with Crippen molar-refractivity contribution in [2.75, 3.05) is 38.5 Å². The second-order valence-electron chi connectivity index (χ2n) is 6.61. The average Bonchev–Trinajstić information content (AvgIpc) is 3.19. The molecular weight excluding hydrogens is 364 g/mol. The number of fused-ring (bicyclic) bond motifs is 2. The number of rotatable bonds is 3. The van der Waals surface area contributed by atoms with E-state index in [9.17, 15) is 14.4 Å². The number of carbonyl (C=O) groups is 3. The van der Waals surface area contributed by atoms with Gasteiger partial charge in [0.15, 0.2) is 0 Å². The van der Waals surface area contributed by atoms with E-state index in [0.717, 1.165) is 10.4 Å². The second kappa shape index (κ2) is 7.13. The molecule has 27 heavy (non-hydrogen) atoms. The number of likely N-dealkylation sites (N-methyl/N-ethyl adjacent to an activating group) is 1. The van der Waals surface area contributed by atoms with Gasteiger partial charge in [-0.3, -0.25) is 14.4 Å². The lowest BCUT2D eigenvalue weighted by Gasteiger charge is -2.39. The molecule has 1 atom stereocenters. The maximum atomic E-state index is 13.2. The predicted molar refractivity (Wildman–Crippen MR) is 104 cm³/mol. The molecule has 3 amide bonds. The maximum Gasteiger partial charge on any atom is 0.256 e. The lowest BCUT2D eigenvalue weighted by molar-refractivity contribution is -0.134. The Labute approximate surface area is 161 Å². The topological polar surface area (TPSA) is 81.8 Å². The van der Waals surface area contributed by atoms with Crippen molar-refractivity contribution >= 4 is 34.7 Å². The molecule has 0 spiro atoms. The predicted octanol–water partition coefficient (Wildman–Crippen LogP) is 1.24. The number of benzene rings is 1. The molecule has 0 saturated carbocycles. The summed E-state index contributed by atoms with van der Waals surface area (Å²) >= 11 is 1.60. The third-order valence-electron chi connectivity index (χ3n) is 4.94. The van der Waals surface area contributed by atoms with Gasteiger partial charge < -0.3 is 20.4 Å². The van der Waals surface area contributed by atoms with Crippen molar-refractivity contribution in [1.82, 2.24) is 15.1 Å². The highest BCUT2D eigenvalue weighted by atomic mass is 32.1. The summed E-state index contributed by atoms with van der Waals surface area (Å²) < 4.78 is 0. The molecule has 0 aliphatic carbocycles. The largest absolute Gasteiger partial charge is 0.337 e. The molecule has 0 bridgehead atoms. The summed E-state index contributed by atoms with van der Waals surface area (Å²) in [6.45, 7) is 1.20. The molecule has 2 aromatic rings. The van der Waals surface area contributed by atoms with Crippen LogP contribution in [0.3, 0.4) is 0 Å². The fraction of sp³-hybridized carbons (Fsp3) is 0.316. The minimum absolute atomic E-state index is 0.0702. The summed E-state index contributed by atoms with van der Waals surface area (Å²) in [7, 11) is 1.71. The van der Waals surface area contributed by atoms with Gasteiger partial charge in [-0.15, -0.1) is 11.3 Å². The number of anilines is 1. The second-order valence-corrected chi connectivity index (χ2v) is 7.56. The van der Waals surface area contributed by atoms with Gasteiger partial charge in [0.2, 0.25) is 11.8 Å². The summed E-state index contributed by atoms with van der Waals surface area (Å²) in [4.78, 5) is 42.4. The number of nitrogens with one attached hydrogen (secondary N) is 2. The van der Waals surface area contributed by atoms with Gasteiger partial charge in [-0.2, -0.15) is 0 Å². The molecule has 4 rings (SSSR count). The number of hydrogen-bond donors (Lipinski definition) is 2. The SMILES string of the molecule is CNCC(=O)N1CCN2C(=O)c3cc(-c4cccs4)ccc3NC(=O)C2C1.